The number of hydrogen-bond acceptors (Lipinski definition) is 8. The summed E-state index contributed by atoms with van der Waals surface area (Å²) in [6, 6.07) is 5.73. The van der Waals surface area contributed by atoms with Crippen LogP contribution in [0.3, 0.4) is 0 Å². The van der Waals surface area contributed by atoms with Gasteiger partial charge in [-0.2, -0.15) is 18.7 Å². The van der Waals surface area contributed by atoms with Crippen molar-refractivity contribution in [3.8, 4) is 29.6 Å². The van der Waals surface area contributed by atoms with Crippen molar-refractivity contribution in [3.05, 3.63) is 59.3 Å². The van der Waals surface area contributed by atoms with Crippen molar-refractivity contribution in [3.63, 3.8) is 0 Å². The molecule has 4 aliphatic rings. The molecule has 8 rings (SSSR count). The maximum atomic E-state index is 16.9. The summed E-state index contributed by atoms with van der Waals surface area (Å²) in [7, 11) is 0. The third kappa shape index (κ3) is 4.63. The Balaban J connectivity index is 1.30. The normalized spacial score (nSPS) is 25.1. The van der Waals surface area contributed by atoms with Gasteiger partial charge in [-0.3, -0.25) is 9.88 Å². The summed E-state index contributed by atoms with van der Waals surface area (Å²) in [5.41, 5.74) is 4.67. The minimum absolute atomic E-state index is 0.0589. The van der Waals surface area contributed by atoms with E-state index >= 15 is 4.39 Å². The maximum Gasteiger partial charge on any atom is 0.319 e. The highest BCUT2D eigenvalue weighted by molar-refractivity contribution is 6.03. The number of nitrogen functional groups attached to an aromatic ring is 1. The molecule has 0 saturated carbocycles. The smallest absolute Gasteiger partial charge is 0.319 e. The number of fused-ring (bicyclic) bond motifs is 5. The van der Waals surface area contributed by atoms with E-state index in [0.29, 0.717) is 37.3 Å². The molecule has 1 unspecified atom stereocenters. The van der Waals surface area contributed by atoms with E-state index in [2.05, 4.69) is 26.2 Å². The zero-order valence-corrected chi connectivity index (χ0v) is 24.7. The molecule has 12 heteroatoms. The van der Waals surface area contributed by atoms with Crippen molar-refractivity contribution in [1.82, 2.24) is 25.2 Å². The van der Waals surface area contributed by atoms with Crippen LogP contribution in [0.5, 0.6) is 6.01 Å². The van der Waals surface area contributed by atoms with E-state index in [1.54, 1.807) is 11.0 Å². The highest BCUT2D eigenvalue weighted by atomic mass is 19.3. The Labute approximate surface area is 265 Å². The Kier molecular flexibility index (Phi) is 6.28. The molecule has 236 valence electrons. The average Bonchev–Trinajstić information content (AvgIpc) is 3.74. The second kappa shape index (κ2) is 10.8. The van der Waals surface area contributed by atoms with Gasteiger partial charge in [-0.05, 0) is 62.2 Å². The summed E-state index contributed by atoms with van der Waals surface area (Å²) in [5, 5.41) is 4.57. The Morgan fingerprint density at radius 2 is 2.00 bits per heavy atom. The summed E-state index contributed by atoms with van der Waals surface area (Å²) < 4.78 is 83.3. The fraction of sp³-hybridized carbons (Fsp3) is 0.382. The van der Waals surface area contributed by atoms with E-state index in [9.17, 15) is 13.2 Å². The molecule has 2 bridgehead atoms. The lowest BCUT2D eigenvalue weighted by Gasteiger charge is -2.34. The van der Waals surface area contributed by atoms with Gasteiger partial charge < -0.3 is 20.7 Å². The molecule has 4 aromatic rings. The first-order chi connectivity index (χ1) is 23.0. The molecule has 0 aliphatic carbocycles. The molecule has 3 N–H and O–H groups in total. The fourth-order valence-electron chi connectivity index (χ4n) is 7.68. The minimum atomic E-state index is -2.51. The standard InChI is InChI=1S/C34H31F4N7O/c1-2-23-26(35)7-4-18-10-20(39)11-24(27(18)23)29-28(36)30-25(13-40-29)32(44-15-21-5-6-22(16-44)41-21)43-33(42-30)46-17-34-8-3-9-45(34)14-19(12-34)31(37)38/h1,4,7,10-11,13,21-22,41H,3,5-6,8-9,12,14-17,39H2/t21-,22+,34?/i17D2. The number of pyridine rings is 1. The molecule has 2 aromatic heterocycles. The topological polar surface area (TPSA) is 92.4 Å². The number of anilines is 2. The van der Waals surface area contributed by atoms with Crippen molar-refractivity contribution >= 4 is 33.2 Å². The van der Waals surface area contributed by atoms with Crippen molar-refractivity contribution in [2.75, 3.05) is 43.4 Å². The Morgan fingerprint density at radius 3 is 2.76 bits per heavy atom. The van der Waals surface area contributed by atoms with Gasteiger partial charge in [0.25, 0.3) is 6.08 Å². The summed E-state index contributed by atoms with van der Waals surface area (Å²) in [5.74, 6) is 1.13. The van der Waals surface area contributed by atoms with Crippen LogP contribution < -0.4 is 20.7 Å². The second-order valence-electron chi connectivity index (χ2n) is 12.6. The van der Waals surface area contributed by atoms with Gasteiger partial charge in [0, 0.05) is 60.1 Å². The third-order valence-corrected chi connectivity index (χ3v) is 9.76. The van der Waals surface area contributed by atoms with Gasteiger partial charge in [-0.25, -0.2) is 8.78 Å². The number of nitrogens with two attached hydrogens (primary N) is 1. The van der Waals surface area contributed by atoms with Crippen LogP contribution in [0, 0.1) is 24.0 Å². The molecule has 0 radical (unpaired) electrons. The average molecular weight is 632 g/mol. The number of benzene rings is 2. The van der Waals surface area contributed by atoms with Gasteiger partial charge in [0.1, 0.15) is 29.4 Å². The number of hydrogen-bond donors (Lipinski definition) is 2. The van der Waals surface area contributed by atoms with Gasteiger partial charge in [-0.1, -0.05) is 12.0 Å². The quantitative estimate of drug-likeness (QED) is 0.172. The zero-order chi connectivity index (χ0) is 33.5. The van der Waals surface area contributed by atoms with Crippen LogP contribution >= 0.6 is 0 Å². The monoisotopic (exact) mass is 631 g/mol. The lowest BCUT2D eigenvalue weighted by Crippen LogP contribution is -2.51. The van der Waals surface area contributed by atoms with E-state index in [-0.39, 0.29) is 75.8 Å². The highest BCUT2D eigenvalue weighted by Crippen LogP contribution is 2.43. The first kappa shape index (κ1) is 26.7. The molecular weight excluding hydrogens is 598 g/mol. The lowest BCUT2D eigenvalue weighted by molar-refractivity contribution is 0.108. The summed E-state index contributed by atoms with van der Waals surface area (Å²) >= 11 is 0. The Morgan fingerprint density at radius 1 is 1.20 bits per heavy atom. The number of ether oxygens (including phenoxy) is 1. The Bertz CT molecular complexity index is 2070. The molecule has 0 amide bonds. The molecule has 4 saturated heterocycles. The van der Waals surface area contributed by atoms with E-state index in [1.807, 2.05) is 4.90 Å². The number of piperazine rings is 1. The molecule has 6 heterocycles. The van der Waals surface area contributed by atoms with E-state index in [4.69, 9.17) is 19.6 Å². The fourth-order valence-corrected chi connectivity index (χ4v) is 7.68. The number of rotatable bonds is 5. The highest BCUT2D eigenvalue weighted by Gasteiger charge is 2.48. The van der Waals surface area contributed by atoms with Crippen molar-refractivity contribution in [2.45, 2.75) is 49.7 Å². The van der Waals surface area contributed by atoms with E-state index in [0.717, 1.165) is 12.8 Å². The summed E-state index contributed by atoms with van der Waals surface area (Å²) in [6.45, 7) is -1.01. The molecule has 0 spiro atoms. The van der Waals surface area contributed by atoms with Gasteiger partial charge >= 0.3 is 6.01 Å². The Hall–Kier alpha value is -4.47. The van der Waals surface area contributed by atoms with E-state index < -0.39 is 35.8 Å². The van der Waals surface area contributed by atoms with Crippen molar-refractivity contribution in [1.29, 1.82) is 0 Å². The molecule has 2 aromatic carbocycles. The van der Waals surface area contributed by atoms with Crippen LogP contribution in [-0.2, 0) is 0 Å². The molecule has 3 atom stereocenters. The van der Waals surface area contributed by atoms with Crippen molar-refractivity contribution < 1.29 is 25.0 Å². The number of nitrogens with zero attached hydrogens (tertiary/aromatic N) is 5. The molecule has 8 nitrogen and oxygen atoms in total. The summed E-state index contributed by atoms with van der Waals surface area (Å²) in [6.07, 6.45) is 7.91. The van der Waals surface area contributed by atoms with Crippen LogP contribution in [0.15, 0.2) is 42.1 Å². The summed E-state index contributed by atoms with van der Waals surface area (Å²) in [4.78, 5) is 17.2. The number of terminal acetylenes is 1. The first-order valence-electron chi connectivity index (χ1n) is 16.3. The molecular formula is C34H31F4N7O. The van der Waals surface area contributed by atoms with Crippen LogP contribution in [0.1, 0.15) is 40.4 Å². The van der Waals surface area contributed by atoms with Gasteiger partial charge in [0.15, 0.2) is 5.82 Å². The van der Waals surface area contributed by atoms with Crippen molar-refractivity contribution in [2.24, 2.45) is 0 Å². The second-order valence-corrected chi connectivity index (χ2v) is 12.6. The van der Waals surface area contributed by atoms with Crippen LogP contribution in [0.4, 0.5) is 29.1 Å². The predicted octanol–water partition coefficient (Wildman–Crippen LogP) is 5.40. The maximum absolute atomic E-state index is 16.9. The largest absolute Gasteiger partial charge is 0.461 e. The first-order valence-corrected chi connectivity index (χ1v) is 15.3. The number of halogens is 4. The predicted molar refractivity (Wildman–Crippen MR) is 168 cm³/mol. The lowest BCUT2D eigenvalue weighted by atomic mass is 9.94. The van der Waals surface area contributed by atoms with Gasteiger partial charge in [0.05, 0.1) is 19.2 Å². The van der Waals surface area contributed by atoms with Crippen LogP contribution in [0.2, 0.25) is 0 Å². The zero-order valence-electron chi connectivity index (χ0n) is 26.7. The van der Waals surface area contributed by atoms with Gasteiger partial charge in [-0.15, -0.1) is 6.42 Å². The number of nitrogens with one attached hydrogen (secondary N) is 1. The van der Waals surface area contributed by atoms with Crippen LogP contribution in [-0.4, -0.2) is 70.2 Å². The SMILES string of the molecule is [2H]C([2H])(Oc1nc(N2C[C@H]3CC[C@@H](C2)N3)c2cnc(-c3cc(N)cc4ccc(F)c(C#C)c34)c(F)c2n1)C12CCCN1CC(=C(F)F)C2. The molecule has 4 aliphatic heterocycles. The van der Waals surface area contributed by atoms with E-state index in [1.165, 1.54) is 24.4 Å². The minimum Gasteiger partial charge on any atom is -0.461 e. The number of aromatic nitrogens is 3. The molecule has 46 heavy (non-hydrogen) atoms. The molecule has 4 fully saturated rings. The van der Waals surface area contributed by atoms with Crippen LogP contribution in [0.25, 0.3) is 32.9 Å². The third-order valence-electron chi connectivity index (χ3n) is 9.76. The van der Waals surface area contributed by atoms with Gasteiger partial charge in [0.2, 0.25) is 0 Å².